The second-order valence-corrected chi connectivity index (χ2v) is 7.15. The second-order valence-electron chi connectivity index (χ2n) is 7.15. The minimum absolute atomic E-state index is 0.129. The molecule has 1 aromatic carbocycles. The molecule has 2 rings (SSSR count). The van der Waals surface area contributed by atoms with Crippen LogP contribution in [0.1, 0.15) is 80.8 Å². The lowest BCUT2D eigenvalue weighted by atomic mass is 9.93. The largest absolute Gasteiger partial charge is 0.352 e. The molecule has 0 saturated heterocycles. The van der Waals surface area contributed by atoms with Crippen molar-refractivity contribution in [3.8, 4) is 0 Å². The van der Waals surface area contributed by atoms with E-state index in [0.717, 1.165) is 18.5 Å². The molecule has 1 aromatic heterocycles. The van der Waals surface area contributed by atoms with Gasteiger partial charge in [-0.05, 0) is 29.4 Å². The van der Waals surface area contributed by atoms with Gasteiger partial charge in [-0.3, -0.25) is 4.79 Å². The molecule has 140 valence electrons. The van der Waals surface area contributed by atoms with Crippen molar-refractivity contribution in [2.24, 2.45) is 0 Å². The molecule has 1 amide bonds. The Morgan fingerprint density at radius 3 is 2.12 bits per heavy atom. The first-order chi connectivity index (χ1) is 12.4. The van der Waals surface area contributed by atoms with Crippen molar-refractivity contribution >= 4 is 17.5 Å². The molecule has 2 aromatic rings. The van der Waals surface area contributed by atoms with Gasteiger partial charge in [-0.25, -0.2) is 9.97 Å². The van der Waals surface area contributed by atoms with Gasteiger partial charge in [0.1, 0.15) is 0 Å². The number of para-hydroxylation sites is 1. The molecular formula is C21H30N4O. The van der Waals surface area contributed by atoms with Gasteiger partial charge in [0.2, 0.25) is 5.95 Å². The van der Waals surface area contributed by atoms with Crippen molar-refractivity contribution in [3.05, 3.63) is 47.3 Å². The third-order valence-electron chi connectivity index (χ3n) is 4.34. The van der Waals surface area contributed by atoms with Crippen molar-refractivity contribution in [2.75, 3.05) is 11.9 Å². The van der Waals surface area contributed by atoms with Gasteiger partial charge in [0.05, 0.1) is 5.56 Å². The van der Waals surface area contributed by atoms with Crippen LogP contribution in [0.2, 0.25) is 0 Å². The Labute approximate surface area is 156 Å². The fraction of sp³-hybridized carbons (Fsp3) is 0.476. The van der Waals surface area contributed by atoms with E-state index in [0.29, 0.717) is 29.9 Å². The number of amides is 1. The number of nitrogens with zero attached hydrogens (tertiary/aromatic N) is 2. The van der Waals surface area contributed by atoms with Gasteiger partial charge >= 0.3 is 0 Å². The topological polar surface area (TPSA) is 66.9 Å². The molecule has 1 heterocycles. The summed E-state index contributed by atoms with van der Waals surface area (Å²) in [6.45, 7) is 11.5. The van der Waals surface area contributed by atoms with E-state index in [1.807, 2.05) is 0 Å². The predicted octanol–water partition coefficient (Wildman–Crippen LogP) is 5.00. The Morgan fingerprint density at radius 1 is 1.04 bits per heavy atom. The van der Waals surface area contributed by atoms with E-state index in [9.17, 15) is 4.79 Å². The Balaban J connectivity index is 2.20. The zero-order valence-electron chi connectivity index (χ0n) is 16.5. The number of benzene rings is 1. The first-order valence-corrected chi connectivity index (χ1v) is 9.44. The lowest BCUT2D eigenvalue weighted by Crippen LogP contribution is -2.24. The Kier molecular flexibility index (Phi) is 7.13. The molecule has 0 bridgehead atoms. The molecule has 0 unspecified atom stereocenters. The quantitative estimate of drug-likeness (QED) is 0.655. The first-order valence-electron chi connectivity index (χ1n) is 9.44. The summed E-state index contributed by atoms with van der Waals surface area (Å²) >= 11 is 0. The molecular weight excluding hydrogens is 324 g/mol. The summed E-state index contributed by atoms with van der Waals surface area (Å²) in [4.78, 5) is 20.7. The average Bonchev–Trinajstić information content (AvgIpc) is 2.62. The molecule has 0 aliphatic carbocycles. The van der Waals surface area contributed by atoms with Gasteiger partial charge in [0, 0.05) is 24.6 Å². The number of hydrogen-bond acceptors (Lipinski definition) is 4. The zero-order valence-corrected chi connectivity index (χ0v) is 16.5. The molecule has 0 aliphatic heterocycles. The highest BCUT2D eigenvalue weighted by atomic mass is 16.1. The molecule has 0 spiro atoms. The Morgan fingerprint density at radius 2 is 1.62 bits per heavy atom. The van der Waals surface area contributed by atoms with E-state index in [-0.39, 0.29) is 5.91 Å². The maximum atomic E-state index is 12.1. The van der Waals surface area contributed by atoms with Crippen molar-refractivity contribution in [2.45, 2.75) is 59.3 Å². The molecule has 26 heavy (non-hydrogen) atoms. The lowest BCUT2D eigenvalue weighted by Gasteiger charge is -2.20. The van der Waals surface area contributed by atoms with Crippen molar-refractivity contribution in [1.82, 2.24) is 15.3 Å². The smallest absolute Gasteiger partial charge is 0.254 e. The second kappa shape index (κ2) is 9.32. The molecule has 2 N–H and O–H groups in total. The minimum atomic E-state index is -0.129. The van der Waals surface area contributed by atoms with Crippen LogP contribution in [-0.4, -0.2) is 22.4 Å². The number of unbranched alkanes of at least 4 members (excludes halogenated alkanes) is 1. The van der Waals surface area contributed by atoms with Crippen LogP contribution in [0, 0.1) is 0 Å². The summed E-state index contributed by atoms with van der Waals surface area (Å²) in [5.41, 5.74) is 4.02. The average molecular weight is 354 g/mol. The normalized spacial score (nSPS) is 11.0. The SMILES string of the molecule is CCCCNC(=O)c1cnc(Nc2c(C(C)C)cccc2C(C)C)nc1. The van der Waals surface area contributed by atoms with Gasteiger partial charge in [-0.2, -0.15) is 0 Å². The van der Waals surface area contributed by atoms with Gasteiger partial charge in [-0.15, -0.1) is 0 Å². The maximum Gasteiger partial charge on any atom is 0.254 e. The van der Waals surface area contributed by atoms with Crippen molar-refractivity contribution < 1.29 is 4.79 Å². The van der Waals surface area contributed by atoms with Crippen LogP contribution < -0.4 is 10.6 Å². The highest BCUT2D eigenvalue weighted by Gasteiger charge is 2.15. The van der Waals surface area contributed by atoms with E-state index in [4.69, 9.17) is 0 Å². The monoisotopic (exact) mass is 354 g/mol. The molecule has 0 fully saturated rings. The van der Waals surface area contributed by atoms with Crippen LogP contribution in [0.3, 0.4) is 0 Å². The first kappa shape index (κ1) is 19.9. The number of rotatable bonds is 8. The summed E-state index contributed by atoms with van der Waals surface area (Å²) in [5.74, 6) is 1.15. The van der Waals surface area contributed by atoms with Crippen LogP contribution in [0.15, 0.2) is 30.6 Å². The van der Waals surface area contributed by atoms with Crippen molar-refractivity contribution in [3.63, 3.8) is 0 Å². The highest BCUT2D eigenvalue weighted by molar-refractivity contribution is 5.93. The van der Waals surface area contributed by atoms with Crippen LogP contribution in [0.4, 0.5) is 11.6 Å². The zero-order chi connectivity index (χ0) is 19.1. The van der Waals surface area contributed by atoms with Crippen LogP contribution in [0.5, 0.6) is 0 Å². The summed E-state index contributed by atoms with van der Waals surface area (Å²) in [6, 6.07) is 6.36. The van der Waals surface area contributed by atoms with Gasteiger partial charge in [-0.1, -0.05) is 59.2 Å². The number of carbonyl (C=O) groups is 1. The van der Waals surface area contributed by atoms with E-state index < -0.39 is 0 Å². The number of aromatic nitrogens is 2. The van der Waals surface area contributed by atoms with E-state index in [2.05, 4.69) is 73.4 Å². The third-order valence-corrected chi connectivity index (χ3v) is 4.34. The number of anilines is 2. The van der Waals surface area contributed by atoms with Crippen molar-refractivity contribution in [1.29, 1.82) is 0 Å². The van der Waals surface area contributed by atoms with E-state index in [1.54, 1.807) is 12.4 Å². The summed E-state index contributed by atoms with van der Waals surface area (Å²) in [7, 11) is 0. The number of carbonyl (C=O) groups excluding carboxylic acids is 1. The Bertz CT molecular complexity index is 697. The summed E-state index contributed by atoms with van der Waals surface area (Å²) in [6.07, 6.45) is 5.16. The molecule has 5 nitrogen and oxygen atoms in total. The van der Waals surface area contributed by atoms with Crippen LogP contribution >= 0.6 is 0 Å². The van der Waals surface area contributed by atoms with Crippen LogP contribution in [-0.2, 0) is 0 Å². The molecule has 0 saturated carbocycles. The molecule has 0 radical (unpaired) electrons. The van der Waals surface area contributed by atoms with Crippen LogP contribution in [0.25, 0.3) is 0 Å². The molecule has 5 heteroatoms. The molecule has 0 atom stereocenters. The van der Waals surface area contributed by atoms with Gasteiger partial charge < -0.3 is 10.6 Å². The van der Waals surface area contributed by atoms with Gasteiger partial charge in [0.15, 0.2) is 0 Å². The summed E-state index contributed by atoms with van der Waals surface area (Å²) < 4.78 is 0. The number of nitrogens with one attached hydrogen (secondary N) is 2. The Hall–Kier alpha value is -2.43. The van der Waals surface area contributed by atoms with E-state index in [1.165, 1.54) is 11.1 Å². The number of hydrogen-bond donors (Lipinski definition) is 2. The predicted molar refractivity (Wildman–Crippen MR) is 107 cm³/mol. The van der Waals surface area contributed by atoms with E-state index >= 15 is 0 Å². The highest BCUT2D eigenvalue weighted by Crippen LogP contribution is 2.33. The fourth-order valence-electron chi connectivity index (χ4n) is 2.80. The van der Waals surface area contributed by atoms with Gasteiger partial charge in [0.25, 0.3) is 5.91 Å². The minimum Gasteiger partial charge on any atom is -0.352 e. The maximum absolute atomic E-state index is 12.1. The standard InChI is InChI=1S/C21H30N4O/c1-6-7-11-22-20(26)16-12-23-21(24-13-16)25-19-17(14(2)3)9-8-10-18(19)15(4)5/h8-10,12-15H,6-7,11H2,1-5H3,(H,22,26)(H,23,24,25). The molecule has 0 aliphatic rings. The lowest BCUT2D eigenvalue weighted by molar-refractivity contribution is 0.0952. The third kappa shape index (κ3) is 5.04. The summed E-state index contributed by atoms with van der Waals surface area (Å²) in [5, 5.41) is 6.25. The fourth-order valence-corrected chi connectivity index (χ4v) is 2.80.